The summed E-state index contributed by atoms with van der Waals surface area (Å²) in [6.45, 7) is 0.204. The molecule has 0 saturated heterocycles. The van der Waals surface area contributed by atoms with Crippen molar-refractivity contribution in [2.45, 2.75) is 11.5 Å². The molecule has 1 heterocycles. The lowest BCUT2D eigenvalue weighted by Crippen LogP contribution is -2.13. The number of ether oxygens (including phenoxy) is 1. The van der Waals surface area contributed by atoms with Gasteiger partial charge in [-0.2, -0.15) is 0 Å². The van der Waals surface area contributed by atoms with Crippen molar-refractivity contribution < 1.29 is 13.2 Å². The predicted molar refractivity (Wildman–Crippen MR) is 114 cm³/mol. The summed E-state index contributed by atoms with van der Waals surface area (Å²) >= 11 is 11.9. The molecule has 4 rings (SSSR count). The number of rotatable bonds is 5. The summed E-state index contributed by atoms with van der Waals surface area (Å²) < 4.78 is 29.5. The number of sulfonamides is 1. The number of halogens is 2. The Morgan fingerprint density at radius 1 is 1.00 bits per heavy atom. The number of hydrogen-bond acceptors (Lipinski definition) is 4. The molecule has 0 spiro atoms. The number of fused-ring (bicyclic) bond motifs is 1. The smallest absolute Gasteiger partial charge is 0.238 e. The van der Waals surface area contributed by atoms with E-state index < -0.39 is 10.0 Å². The molecule has 3 N–H and O–H groups in total. The predicted octanol–water partition coefficient (Wildman–Crippen LogP) is 4.76. The van der Waals surface area contributed by atoms with Gasteiger partial charge in [0.25, 0.3) is 0 Å². The lowest BCUT2D eigenvalue weighted by atomic mass is 10.1. The Labute approximate surface area is 177 Å². The molecule has 0 aliphatic heterocycles. The van der Waals surface area contributed by atoms with Crippen molar-refractivity contribution in [3.63, 3.8) is 0 Å². The average Bonchev–Trinajstić information content (AvgIpc) is 3.10. The van der Waals surface area contributed by atoms with Gasteiger partial charge in [0.05, 0.1) is 26.0 Å². The van der Waals surface area contributed by atoms with Gasteiger partial charge < -0.3 is 9.72 Å². The minimum atomic E-state index is -3.84. The van der Waals surface area contributed by atoms with E-state index in [4.69, 9.17) is 33.1 Å². The highest BCUT2D eigenvalue weighted by Crippen LogP contribution is 2.29. The van der Waals surface area contributed by atoms with Crippen LogP contribution in [-0.4, -0.2) is 18.4 Å². The van der Waals surface area contributed by atoms with Gasteiger partial charge in [0.2, 0.25) is 10.0 Å². The van der Waals surface area contributed by atoms with Crippen LogP contribution in [-0.2, 0) is 16.6 Å². The summed E-state index contributed by atoms with van der Waals surface area (Å²) in [6.07, 6.45) is 0. The van der Waals surface area contributed by atoms with Crippen LogP contribution >= 0.6 is 23.2 Å². The third kappa shape index (κ3) is 4.23. The highest BCUT2D eigenvalue weighted by molar-refractivity contribution is 7.89. The second kappa shape index (κ2) is 7.68. The van der Waals surface area contributed by atoms with Gasteiger partial charge in [-0.3, -0.25) is 0 Å². The SMILES string of the molecule is NS(=O)(=O)c1ccccc1-c1ccc2[nH]c(COc3ccc(Cl)c(Cl)c3)nc2c1. The highest BCUT2D eigenvalue weighted by Gasteiger charge is 2.15. The molecule has 0 aliphatic carbocycles. The van der Waals surface area contributed by atoms with E-state index in [2.05, 4.69) is 9.97 Å². The van der Waals surface area contributed by atoms with Crippen molar-refractivity contribution in [2.24, 2.45) is 5.14 Å². The topological polar surface area (TPSA) is 98.1 Å². The summed E-state index contributed by atoms with van der Waals surface area (Å²) in [5.41, 5.74) is 2.70. The van der Waals surface area contributed by atoms with Crippen molar-refractivity contribution in [3.05, 3.63) is 76.5 Å². The molecular weight excluding hydrogens is 433 g/mol. The van der Waals surface area contributed by atoms with E-state index in [1.165, 1.54) is 6.07 Å². The summed E-state index contributed by atoms with van der Waals surface area (Å²) in [4.78, 5) is 7.77. The Balaban J connectivity index is 1.63. The molecule has 0 aliphatic rings. The van der Waals surface area contributed by atoms with E-state index in [0.29, 0.717) is 38.3 Å². The second-order valence-electron chi connectivity index (χ2n) is 6.32. The van der Waals surface area contributed by atoms with Crippen LogP contribution in [0.4, 0.5) is 0 Å². The first-order valence-electron chi connectivity index (χ1n) is 8.50. The number of aromatic nitrogens is 2. The molecule has 0 radical (unpaired) electrons. The van der Waals surface area contributed by atoms with Crippen molar-refractivity contribution >= 4 is 44.3 Å². The quantitative estimate of drug-likeness (QED) is 0.460. The Kier molecular flexibility index (Phi) is 5.23. The molecule has 4 aromatic rings. The van der Waals surface area contributed by atoms with Crippen molar-refractivity contribution in [1.29, 1.82) is 0 Å². The molecule has 0 amide bonds. The van der Waals surface area contributed by atoms with Crippen LogP contribution in [0.25, 0.3) is 22.2 Å². The summed E-state index contributed by atoms with van der Waals surface area (Å²) in [5, 5.41) is 6.21. The largest absolute Gasteiger partial charge is 0.486 e. The molecule has 0 atom stereocenters. The third-order valence-electron chi connectivity index (χ3n) is 4.30. The van der Waals surface area contributed by atoms with Gasteiger partial charge >= 0.3 is 0 Å². The zero-order valence-corrected chi connectivity index (χ0v) is 17.2. The van der Waals surface area contributed by atoms with Gasteiger partial charge in [0.1, 0.15) is 18.2 Å². The highest BCUT2D eigenvalue weighted by atomic mass is 35.5. The Morgan fingerprint density at radius 2 is 1.79 bits per heavy atom. The molecule has 0 unspecified atom stereocenters. The number of benzene rings is 3. The molecule has 0 saturated carbocycles. The Bertz CT molecular complexity index is 1320. The molecule has 1 aromatic heterocycles. The van der Waals surface area contributed by atoms with E-state index in [1.807, 2.05) is 12.1 Å². The molecular formula is C20H15Cl2N3O3S. The Hall–Kier alpha value is -2.58. The van der Waals surface area contributed by atoms with E-state index in [-0.39, 0.29) is 11.5 Å². The van der Waals surface area contributed by atoms with E-state index >= 15 is 0 Å². The van der Waals surface area contributed by atoms with Gasteiger partial charge in [-0.05, 0) is 35.9 Å². The van der Waals surface area contributed by atoms with Crippen LogP contribution in [0.1, 0.15) is 5.82 Å². The maximum atomic E-state index is 11.9. The van der Waals surface area contributed by atoms with Crippen LogP contribution in [0.5, 0.6) is 5.75 Å². The fourth-order valence-electron chi connectivity index (χ4n) is 2.97. The summed E-state index contributed by atoms with van der Waals surface area (Å²) in [6, 6.07) is 17.1. The van der Waals surface area contributed by atoms with Gasteiger partial charge in [0, 0.05) is 11.6 Å². The van der Waals surface area contributed by atoms with E-state index in [0.717, 1.165) is 5.52 Å². The molecule has 6 nitrogen and oxygen atoms in total. The molecule has 3 aromatic carbocycles. The number of nitrogens with two attached hydrogens (primary N) is 1. The maximum absolute atomic E-state index is 11.9. The van der Waals surface area contributed by atoms with Gasteiger partial charge in [0.15, 0.2) is 0 Å². The zero-order chi connectivity index (χ0) is 20.6. The van der Waals surface area contributed by atoms with Crippen LogP contribution < -0.4 is 9.88 Å². The normalized spacial score (nSPS) is 11.7. The fourth-order valence-corrected chi connectivity index (χ4v) is 4.01. The van der Waals surface area contributed by atoms with Gasteiger partial charge in [-0.1, -0.05) is 47.5 Å². The molecule has 9 heteroatoms. The number of hydrogen-bond donors (Lipinski definition) is 2. The molecule has 148 valence electrons. The first-order chi connectivity index (χ1) is 13.8. The first kappa shape index (κ1) is 19.7. The lowest BCUT2D eigenvalue weighted by Gasteiger charge is -2.07. The zero-order valence-electron chi connectivity index (χ0n) is 14.9. The molecule has 29 heavy (non-hydrogen) atoms. The van der Waals surface area contributed by atoms with Crippen molar-refractivity contribution in [2.75, 3.05) is 0 Å². The minimum absolute atomic E-state index is 0.0676. The minimum Gasteiger partial charge on any atom is -0.486 e. The average molecular weight is 448 g/mol. The van der Waals surface area contributed by atoms with Gasteiger partial charge in [-0.15, -0.1) is 0 Å². The summed E-state index contributed by atoms with van der Waals surface area (Å²) in [7, 11) is -3.84. The summed E-state index contributed by atoms with van der Waals surface area (Å²) in [5.74, 6) is 1.19. The lowest BCUT2D eigenvalue weighted by molar-refractivity contribution is 0.297. The van der Waals surface area contributed by atoms with E-state index in [1.54, 1.807) is 42.5 Å². The number of aromatic amines is 1. The van der Waals surface area contributed by atoms with Crippen molar-refractivity contribution in [1.82, 2.24) is 9.97 Å². The first-order valence-corrected chi connectivity index (χ1v) is 10.8. The number of nitrogens with zero attached hydrogens (tertiary/aromatic N) is 1. The Morgan fingerprint density at radius 3 is 2.55 bits per heavy atom. The van der Waals surface area contributed by atoms with Crippen molar-refractivity contribution in [3.8, 4) is 16.9 Å². The number of imidazole rings is 1. The van der Waals surface area contributed by atoms with Crippen LogP contribution in [0.2, 0.25) is 10.0 Å². The number of nitrogens with one attached hydrogen (secondary N) is 1. The van der Waals surface area contributed by atoms with Crippen LogP contribution in [0, 0.1) is 0 Å². The third-order valence-corrected chi connectivity index (χ3v) is 6.01. The van der Waals surface area contributed by atoms with E-state index in [9.17, 15) is 8.42 Å². The van der Waals surface area contributed by atoms with Crippen LogP contribution in [0.3, 0.4) is 0 Å². The standard InChI is InChI=1S/C20H15Cl2N3O3S/c21-15-7-6-13(10-16(15)22)28-11-20-24-17-8-5-12(9-18(17)25-20)14-3-1-2-4-19(14)29(23,26)27/h1-10H,11H2,(H,24,25)(H2,23,26,27). The van der Waals surface area contributed by atoms with Gasteiger partial charge in [-0.25, -0.2) is 18.5 Å². The number of H-pyrrole nitrogens is 1. The monoisotopic (exact) mass is 447 g/mol. The number of primary sulfonamides is 1. The molecule has 0 fully saturated rings. The molecule has 0 bridgehead atoms. The fraction of sp³-hybridized carbons (Fsp3) is 0.0500. The van der Waals surface area contributed by atoms with Crippen LogP contribution in [0.15, 0.2) is 65.6 Å². The maximum Gasteiger partial charge on any atom is 0.238 e. The second-order valence-corrected chi connectivity index (χ2v) is 8.67.